The molecule has 0 saturated carbocycles. The molecule has 0 spiro atoms. The van der Waals surface area contributed by atoms with Gasteiger partial charge in [0, 0.05) is 12.6 Å². The highest BCUT2D eigenvalue weighted by molar-refractivity contribution is 9.10. The molecule has 2 aromatic heterocycles. The van der Waals surface area contributed by atoms with E-state index in [4.69, 9.17) is 14.3 Å². The van der Waals surface area contributed by atoms with E-state index < -0.39 is 0 Å². The summed E-state index contributed by atoms with van der Waals surface area (Å²) in [6.07, 6.45) is 1.21. The number of aliphatic hydroxyl groups is 1. The summed E-state index contributed by atoms with van der Waals surface area (Å²) in [7, 11) is 0. The molecule has 6 nitrogen and oxygen atoms in total. The number of rotatable bonds is 5. The SMILES string of the molecule is CCn1nc(C)c(Br)c1COc1coc(CO)cc1=O. The van der Waals surface area contributed by atoms with Gasteiger partial charge in [0.05, 0.1) is 15.9 Å². The fraction of sp³-hybridized carbons (Fsp3) is 0.385. The van der Waals surface area contributed by atoms with Gasteiger partial charge >= 0.3 is 0 Å². The van der Waals surface area contributed by atoms with Crippen molar-refractivity contribution in [3.63, 3.8) is 0 Å². The predicted molar refractivity (Wildman–Crippen MR) is 75.6 cm³/mol. The van der Waals surface area contributed by atoms with Crippen molar-refractivity contribution in [3.05, 3.63) is 44.2 Å². The van der Waals surface area contributed by atoms with Crippen LogP contribution in [0.2, 0.25) is 0 Å². The van der Waals surface area contributed by atoms with Crippen LogP contribution in [0.4, 0.5) is 0 Å². The Bertz CT molecular complexity index is 663. The van der Waals surface area contributed by atoms with Gasteiger partial charge in [-0.1, -0.05) is 0 Å². The summed E-state index contributed by atoms with van der Waals surface area (Å²) < 4.78 is 13.2. The Hall–Kier alpha value is -1.60. The molecule has 0 bridgehead atoms. The molecule has 1 N–H and O–H groups in total. The quantitative estimate of drug-likeness (QED) is 0.899. The number of halogens is 1. The van der Waals surface area contributed by atoms with E-state index in [1.54, 1.807) is 0 Å². The molecule has 0 unspecified atom stereocenters. The third-order valence-corrected chi connectivity index (χ3v) is 3.86. The number of hydrogen-bond donors (Lipinski definition) is 1. The van der Waals surface area contributed by atoms with Crippen molar-refractivity contribution < 1.29 is 14.3 Å². The first kappa shape index (κ1) is 14.8. The van der Waals surface area contributed by atoms with Gasteiger partial charge in [-0.15, -0.1) is 0 Å². The summed E-state index contributed by atoms with van der Waals surface area (Å²) in [4.78, 5) is 11.7. The standard InChI is InChI=1S/C13H15BrN2O4/c1-3-16-10(13(14)8(2)15-16)6-20-12-7-19-9(5-17)4-11(12)18/h4,7,17H,3,5-6H2,1-2H3. The van der Waals surface area contributed by atoms with Gasteiger partial charge in [-0.05, 0) is 29.8 Å². The first-order valence-corrected chi connectivity index (χ1v) is 6.93. The summed E-state index contributed by atoms with van der Waals surface area (Å²) in [5.41, 5.74) is 1.40. The Morgan fingerprint density at radius 2 is 2.30 bits per heavy atom. The van der Waals surface area contributed by atoms with Crippen molar-refractivity contribution in [2.75, 3.05) is 0 Å². The number of hydrogen-bond acceptors (Lipinski definition) is 5. The monoisotopic (exact) mass is 342 g/mol. The molecular formula is C13H15BrN2O4. The average Bonchev–Trinajstić information content (AvgIpc) is 2.73. The van der Waals surface area contributed by atoms with Crippen molar-refractivity contribution in [3.8, 4) is 5.75 Å². The molecule has 0 radical (unpaired) electrons. The Kier molecular flexibility index (Phi) is 4.61. The van der Waals surface area contributed by atoms with Gasteiger partial charge in [0.2, 0.25) is 11.2 Å². The molecule has 7 heteroatoms. The zero-order valence-corrected chi connectivity index (χ0v) is 12.8. The molecule has 2 heterocycles. The highest BCUT2D eigenvalue weighted by Crippen LogP contribution is 2.22. The fourth-order valence-electron chi connectivity index (χ4n) is 1.78. The van der Waals surface area contributed by atoms with Crippen LogP contribution < -0.4 is 10.2 Å². The molecule has 0 saturated heterocycles. The lowest BCUT2D eigenvalue weighted by atomic mass is 10.3. The summed E-state index contributed by atoms with van der Waals surface area (Å²) >= 11 is 3.46. The second-order valence-electron chi connectivity index (χ2n) is 4.18. The molecule has 0 aliphatic rings. The van der Waals surface area contributed by atoms with Crippen molar-refractivity contribution in [2.24, 2.45) is 0 Å². The van der Waals surface area contributed by atoms with Gasteiger partial charge in [0.1, 0.15) is 25.2 Å². The molecule has 2 aromatic rings. The highest BCUT2D eigenvalue weighted by Gasteiger charge is 2.13. The van der Waals surface area contributed by atoms with E-state index in [0.29, 0.717) is 6.54 Å². The van der Waals surface area contributed by atoms with Crippen LogP contribution >= 0.6 is 15.9 Å². The fourth-order valence-corrected chi connectivity index (χ4v) is 2.18. The lowest BCUT2D eigenvalue weighted by Crippen LogP contribution is -2.11. The minimum absolute atomic E-state index is 0.107. The highest BCUT2D eigenvalue weighted by atomic mass is 79.9. The van der Waals surface area contributed by atoms with E-state index in [0.717, 1.165) is 15.9 Å². The maximum Gasteiger partial charge on any atom is 0.227 e. The Morgan fingerprint density at radius 1 is 1.55 bits per heavy atom. The predicted octanol–water partition coefficient (Wildman–Crippen LogP) is 2.00. The minimum Gasteiger partial charge on any atom is -0.480 e. The molecule has 0 amide bonds. The summed E-state index contributed by atoms with van der Waals surface area (Å²) in [6.45, 7) is 4.47. The second kappa shape index (κ2) is 6.23. The molecule has 0 atom stereocenters. The number of aromatic nitrogens is 2. The molecule has 0 aromatic carbocycles. The number of ether oxygens (including phenoxy) is 1. The van der Waals surface area contributed by atoms with E-state index in [-0.39, 0.29) is 30.2 Å². The summed E-state index contributed by atoms with van der Waals surface area (Å²) in [5, 5.41) is 13.2. The van der Waals surface area contributed by atoms with Crippen LogP contribution in [0.25, 0.3) is 0 Å². The average molecular weight is 343 g/mol. The Morgan fingerprint density at radius 3 is 2.90 bits per heavy atom. The smallest absolute Gasteiger partial charge is 0.227 e. The van der Waals surface area contributed by atoms with Gasteiger partial charge in [0.25, 0.3) is 0 Å². The molecule has 20 heavy (non-hydrogen) atoms. The maximum absolute atomic E-state index is 11.7. The van der Waals surface area contributed by atoms with Crippen molar-refractivity contribution >= 4 is 15.9 Å². The normalized spacial score (nSPS) is 10.8. The molecule has 0 aliphatic carbocycles. The van der Waals surface area contributed by atoms with E-state index in [2.05, 4.69) is 21.0 Å². The van der Waals surface area contributed by atoms with Gasteiger partial charge in [-0.25, -0.2) is 0 Å². The number of aliphatic hydroxyl groups excluding tert-OH is 1. The van der Waals surface area contributed by atoms with Gasteiger partial charge in [0.15, 0.2) is 0 Å². The Labute approximate surface area is 124 Å². The van der Waals surface area contributed by atoms with Crippen molar-refractivity contribution in [1.29, 1.82) is 0 Å². The van der Waals surface area contributed by atoms with E-state index in [1.165, 1.54) is 12.3 Å². The van der Waals surface area contributed by atoms with Crippen LogP contribution in [-0.4, -0.2) is 14.9 Å². The van der Waals surface area contributed by atoms with Crippen LogP contribution in [0.1, 0.15) is 24.1 Å². The van der Waals surface area contributed by atoms with Crippen molar-refractivity contribution in [2.45, 2.75) is 33.6 Å². The zero-order chi connectivity index (χ0) is 14.7. The number of aryl methyl sites for hydroxylation is 2. The summed E-state index contributed by atoms with van der Waals surface area (Å²) in [5.74, 6) is 0.314. The first-order chi connectivity index (χ1) is 9.56. The second-order valence-corrected chi connectivity index (χ2v) is 4.98. The Balaban J connectivity index is 2.19. The molecular weight excluding hydrogens is 328 g/mol. The number of nitrogens with zero attached hydrogens (tertiary/aromatic N) is 2. The lowest BCUT2D eigenvalue weighted by Gasteiger charge is -2.07. The van der Waals surface area contributed by atoms with E-state index in [9.17, 15) is 4.79 Å². The van der Waals surface area contributed by atoms with Crippen LogP contribution in [0.15, 0.2) is 26.0 Å². The largest absolute Gasteiger partial charge is 0.480 e. The third-order valence-electron chi connectivity index (χ3n) is 2.83. The van der Waals surface area contributed by atoms with Crippen LogP contribution in [0, 0.1) is 6.92 Å². The lowest BCUT2D eigenvalue weighted by molar-refractivity contribution is 0.234. The van der Waals surface area contributed by atoms with Gasteiger partial charge in [-0.2, -0.15) is 5.10 Å². The van der Waals surface area contributed by atoms with E-state index >= 15 is 0 Å². The molecule has 0 aliphatic heterocycles. The summed E-state index contributed by atoms with van der Waals surface area (Å²) in [6, 6.07) is 1.22. The molecule has 2 rings (SSSR count). The van der Waals surface area contributed by atoms with Crippen LogP contribution in [-0.2, 0) is 19.8 Å². The van der Waals surface area contributed by atoms with Gasteiger partial charge < -0.3 is 14.3 Å². The molecule has 0 fully saturated rings. The zero-order valence-electron chi connectivity index (χ0n) is 11.2. The minimum atomic E-state index is -0.323. The first-order valence-electron chi connectivity index (χ1n) is 6.14. The van der Waals surface area contributed by atoms with Crippen molar-refractivity contribution in [1.82, 2.24) is 9.78 Å². The third kappa shape index (κ3) is 2.94. The maximum atomic E-state index is 11.7. The molecule has 108 valence electrons. The van der Waals surface area contributed by atoms with Crippen LogP contribution in [0.5, 0.6) is 5.75 Å². The van der Waals surface area contributed by atoms with E-state index in [1.807, 2.05) is 18.5 Å². The topological polar surface area (TPSA) is 77.5 Å². The van der Waals surface area contributed by atoms with Gasteiger partial charge in [-0.3, -0.25) is 9.48 Å². The van der Waals surface area contributed by atoms with Crippen LogP contribution in [0.3, 0.4) is 0 Å².